The Morgan fingerprint density at radius 1 is 1.05 bits per heavy atom. The van der Waals surface area contributed by atoms with E-state index in [1.165, 1.54) is 24.1 Å². The van der Waals surface area contributed by atoms with Crippen LogP contribution in [0.25, 0.3) is 22.3 Å². The van der Waals surface area contributed by atoms with Crippen molar-refractivity contribution in [3.05, 3.63) is 106 Å². The number of carbonyl (C=O) groups excluding carboxylic acids is 1. The number of rotatable bonds is 8. The topological polar surface area (TPSA) is 193 Å². The average molecular weight is 775 g/mol. The second kappa shape index (κ2) is 14.8. The van der Waals surface area contributed by atoms with Gasteiger partial charge in [0.05, 0.1) is 21.2 Å². The Balaban J connectivity index is 2.04. The van der Waals surface area contributed by atoms with E-state index in [0.717, 1.165) is 6.07 Å². The number of aromatic nitrogens is 3. The molecular formula is C36H38F4N6O9. The lowest BCUT2D eigenvalue weighted by Crippen LogP contribution is -2.46. The van der Waals surface area contributed by atoms with Crippen molar-refractivity contribution in [1.29, 1.82) is 0 Å². The molecule has 4 heterocycles. The van der Waals surface area contributed by atoms with Gasteiger partial charge in [-0.05, 0) is 82.1 Å². The summed E-state index contributed by atoms with van der Waals surface area (Å²) in [6, 6.07) is 3.94. The summed E-state index contributed by atoms with van der Waals surface area (Å²) >= 11 is 0. The summed E-state index contributed by atoms with van der Waals surface area (Å²) < 4.78 is 67.0. The van der Waals surface area contributed by atoms with E-state index in [9.17, 15) is 39.7 Å². The number of hydrogen-bond acceptors (Lipinski definition) is 10. The zero-order chi connectivity index (χ0) is 40.9. The van der Waals surface area contributed by atoms with E-state index in [1.807, 2.05) is 0 Å². The normalized spacial score (nSPS) is 16.5. The number of para-hydroxylation sites is 1. The average Bonchev–Trinajstić information content (AvgIpc) is 3.07. The van der Waals surface area contributed by atoms with Gasteiger partial charge in [0, 0.05) is 42.9 Å². The van der Waals surface area contributed by atoms with Crippen molar-refractivity contribution in [3.63, 3.8) is 0 Å². The van der Waals surface area contributed by atoms with E-state index in [1.54, 1.807) is 34.6 Å². The van der Waals surface area contributed by atoms with Crippen LogP contribution >= 0.6 is 0 Å². The number of pyridine rings is 3. The summed E-state index contributed by atoms with van der Waals surface area (Å²) in [6.45, 7) is 8.79. The van der Waals surface area contributed by atoms with Crippen molar-refractivity contribution in [1.82, 2.24) is 19.0 Å². The van der Waals surface area contributed by atoms with E-state index in [4.69, 9.17) is 4.74 Å². The maximum atomic E-state index is 15.6. The van der Waals surface area contributed by atoms with Crippen LogP contribution in [0.5, 0.6) is 0 Å². The van der Waals surface area contributed by atoms with E-state index in [-0.39, 0.29) is 47.4 Å². The zero-order valence-electron chi connectivity index (χ0n) is 30.6. The molecule has 1 aliphatic heterocycles. The number of nitro benzene ring substituents is 1. The van der Waals surface area contributed by atoms with Crippen LogP contribution in [0, 0.1) is 38.9 Å². The molecule has 15 nitrogen and oxygen atoms in total. The van der Waals surface area contributed by atoms with Crippen LogP contribution < -0.4 is 11.1 Å². The molecule has 0 saturated carbocycles. The number of alkyl halides is 3. The minimum atomic E-state index is -5.53. The molecule has 19 heteroatoms. The summed E-state index contributed by atoms with van der Waals surface area (Å²) in [5.74, 6) is -4.21. The first kappa shape index (κ1) is 40.5. The molecule has 0 bridgehead atoms. The van der Waals surface area contributed by atoms with E-state index < -0.39 is 108 Å². The molecule has 0 aliphatic carbocycles. The third-order valence-electron chi connectivity index (χ3n) is 9.40. The Labute approximate surface area is 310 Å². The number of benzene rings is 1. The molecule has 1 aromatic carbocycles. The highest BCUT2D eigenvalue weighted by Crippen LogP contribution is 2.44. The quantitative estimate of drug-likeness (QED) is 0.115. The number of piperidine rings is 1. The number of fused-ring (bicyclic) bond motifs is 1. The van der Waals surface area contributed by atoms with Gasteiger partial charge >= 0.3 is 23.5 Å². The van der Waals surface area contributed by atoms with Crippen LogP contribution in [0.2, 0.25) is 0 Å². The van der Waals surface area contributed by atoms with Gasteiger partial charge in [-0.15, -0.1) is 0 Å². The number of hydrogen-bond donors (Lipinski definition) is 1. The molecule has 0 spiro atoms. The van der Waals surface area contributed by atoms with Gasteiger partial charge in [-0.25, -0.2) is 9.18 Å². The van der Waals surface area contributed by atoms with Gasteiger partial charge in [-0.3, -0.25) is 43.9 Å². The van der Waals surface area contributed by atoms with Crippen molar-refractivity contribution >= 4 is 28.4 Å². The smallest absolute Gasteiger partial charge is 0.431 e. The lowest BCUT2D eigenvalue weighted by atomic mass is 9.77. The Hall–Kier alpha value is -5.72. The maximum Gasteiger partial charge on any atom is 0.431 e. The van der Waals surface area contributed by atoms with E-state index in [0.29, 0.717) is 22.8 Å². The number of aryl methyl sites for hydroxylation is 1. The summed E-state index contributed by atoms with van der Waals surface area (Å²) in [7, 11) is 0. The maximum absolute atomic E-state index is 15.6. The molecule has 1 fully saturated rings. The number of carbonyl (C=O) groups is 1. The molecule has 1 amide bonds. The zero-order valence-corrected chi connectivity index (χ0v) is 30.6. The van der Waals surface area contributed by atoms with Crippen molar-refractivity contribution in [3.8, 4) is 11.4 Å². The molecule has 294 valence electrons. The number of nitro groups is 2. The number of ether oxygens (including phenoxy) is 1. The third-order valence-corrected chi connectivity index (χ3v) is 9.40. The largest absolute Gasteiger partial charge is 0.444 e. The Bertz CT molecular complexity index is 2330. The Morgan fingerprint density at radius 3 is 2.29 bits per heavy atom. The SMILES string of the molecule is Cc1ccnc(C(C)C)c1-n1c(=O)c([N+](=O)[O-])c(C2CCN(C(=O)OC(C)(C)C)CC2CCO)c2cc(C(F)(F)F)n(-c3c(F)cccc3[N+](=O)[O-])c(=O)c21. The summed E-state index contributed by atoms with van der Waals surface area (Å²) in [5, 5.41) is 34.5. The fourth-order valence-corrected chi connectivity index (χ4v) is 7.19. The Kier molecular flexibility index (Phi) is 10.9. The molecule has 1 saturated heterocycles. The van der Waals surface area contributed by atoms with E-state index >= 15 is 17.6 Å². The molecule has 1 N–H and O–H groups in total. The van der Waals surface area contributed by atoms with E-state index in [2.05, 4.69) is 4.98 Å². The van der Waals surface area contributed by atoms with Crippen molar-refractivity contribution in [2.45, 2.75) is 78.0 Å². The fraction of sp³-hybridized carbons (Fsp3) is 0.444. The highest BCUT2D eigenvalue weighted by atomic mass is 19.4. The number of nitrogens with zero attached hydrogens (tertiary/aromatic N) is 6. The molecule has 5 rings (SSSR count). The molecule has 3 aromatic heterocycles. The first-order valence-corrected chi connectivity index (χ1v) is 17.2. The minimum absolute atomic E-state index is 0.122. The van der Waals surface area contributed by atoms with Crippen molar-refractivity contribution in [2.24, 2.45) is 5.92 Å². The highest BCUT2D eigenvalue weighted by Gasteiger charge is 2.44. The van der Waals surface area contributed by atoms with Crippen LogP contribution in [-0.2, 0) is 10.9 Å². The predicted molar refractivity (Wildman–Crippen MR) is 190 cm³/mol. The fourth-order valence-electron chi connectivity index (χ4n) is 7.19. The van der Waals surface area contributed by atoms with Crippen LogP contribution in [-0.4, -0.2) is 65.4 Å². The van der Waals surface area contributed by atoms with Gasteiger partial charge in [-0.1, -0.05) is 19.9 Å². The molecular weight excluding hydrogens is 736 g/mol. The third kappa shape index (κ3) is 7.52. The number of amides is 1. The molecule has 1 aliphatic rings. The lowest BCUT2D eigenvalue weighted by Gasteiger charge is -2.39. The number of halogens is 4. The first-order chi connectivity index (χ1) is 25.6. The van der Waals surface area contributed by atoms with Crippen molar-refractivity contribution in [2.75, 3.05) is 19.7 Å². The van der Waals surface area contributed by atoms with Gasteiger partial charge < -0.3 is 14.7 Å². The van der Waals surface area contributed by atoms with Gasteiger partial charge in [0.25, 0.3) is 11.2 Å². The molecule has 2 unspecified atom stereocenters. The van der Waals surface area contributed by atoms with Gasteiger partial charge in [0.15, 0.2) is 11.5 Å². The molecule has 4 aromatic rings. The minimum Gasteiger partial charge on any atom is -0.444 e. The number of likely N-dealkylation sites (tertiary alicyclic amines) is 1. The van der Waals surface area contributed by atoms with Gasteiger partial charge in [-0.2, -0.15) is 13.2 Å². The standard InChI is InChI=1S/C36H38F4N6O9/c1-18(2)27-28(19(3)10-13-41-27)44-29-22(16-25(36(38,39)40)43(32(29)48)30-23(37)8-7-9-24(30)45(51)52)26(31(33(44)49)46(53)54)21-11-14-42(17-20(21)12-15-47)34(50)55-35(4,5)6/h7-10,13,16,18,20-21,47H,11-12,14-15,17H2,1-6H3. The molecule has 2 atom stereocenters. The summed E-state index contributed by atoms with van der Waals surface area (Å²) in [6.07, 6.45) is -5.25. The van der Waals surface area contributed by atoms with Crippen LogP contribution in [0.4, 0.5) is 33.7 Å². The highest BCUT2D eigenvalue weighted by molar-refractivity contribution is 5.89. The summed E-state index contributed by atoms with van der Waals surface area (Å²) in [5.41, 5.74) is -11.0. The van der Waals surface area contributed by atoms with Gasteiger partial charge in [0.1, 0.15) is 16.8 Å². The monoisotopic (exact) mass is 774 g/mol. The Morgan fingerprint density at radius 2 is 1.73 bits per heavy atom. The molecule has 0 radical (unpaired) electrons. The second-order valence-electron chi connectivity index (χ2n) is 14.6. The van der Waals surface area contributed by atoms with Crippen LogP contribution in [0.1, 0.15) is 81.8 Å². The number of aliphatic hydroxyl groups excluding tert-OH is 1. The summed E-state index contributed by atoms with van der Waals surface area (Å²) in [4.78, 5) is 71.1. The molecule has 55 heavy (non-hydrogen) atoms. The van der Waals surface area contributed by atoms with Crippen LogP contribution in [0.15, 0.2) is 46.1 Å². The first-order valence-electron chi connectivity index (χ1n) is 17.2. The predicted octanol–water partition coefficient (Wildman–Crippen LogP) is 6.67. The number of aliphatic hydroxyl groups is 1. The van der Waals surface area contributed by atoms with Crippen molar-refractivity contribution < 1.29 is 42.0 Å². The lowest BCUT2D eigenvalue weighted by molar-refractivity contribution is -0.387. The second-order valence-corrected chi connectivity index (χ2v) is 14.6. The van der Waals surface area contributed by atoms with Crippen LogP contribution in [0.3, 0.4) is 0 Å². The van der Waals surface area contributed by atoms with Gasteiger partial charge in [0.2, 0.25) is 0 Å².